The first-order valence-corrected chi connectivity index (χ1v) is 11.8. The summed E-state index contributed by atoms with van der Waals surface area (Å²) in [5.74, 6) is -1.49. The van der Waals surface area contributed by atoms with E-state index in [-0.39, 0.29) is 33.7 Å². The van der Waals surface area contributed by atoms with Gasteiger partial charge in [-0.1, -0.05) is 17.7 Å². The molecule has 3 heterocycles. The average Bonchev–Trinajstić information content (AvgIpc) is 3.24. The van der Waals surface area contributed by atoms with Crippen molar-refractivity contribution in [2.75, 3.05) is 51.3 Å². The van der Waals surface area contributed by atoms with Gasteiger partial charge in [0.15, 0.2) is 5.82 Å². The van der Waals surface area contributed by atoms with E-state index in [1.54, 1.807) is 0 Å². The van der Waals surface area contributed by atoms with Crippen LogP contribution in [-0.2, 0) is 0 Å². The lowest BCUT2D eigenvalue weighted by Gasteiger charge is -2.29. The monoisotopic (exact) mass is 489 g/mol. The molecule has 180 valence electrons. The van der Waals surface area contributed by atoms with Gasteiger partial charge in [-0.2, -0.15) is 9.97 Å². The Morgan fingerprint density at radius 2 is 1.97 bits per heavy atom. The number of hydrogen-bond donors (Lipinski definition) is 2. The summed E-state index contributed by atoms with van der Waals surface area (Å²) in [5.41, 5.74) is -0.569. The van der Waals surface area contributed by atoms with Crippen molar-refractivity contribution in [2.24, 2.45) is 0 Å². The van der Waals surface area contributed by atoms with Gasteiger partial charge in [0, 0.05) is 43.2 Å². The van der Waals surface area contributed by atoms with Crippen LogP contribution in [0, 0.1) is 11.6 Å². The van der Waals surface area contributed by atoms with Crippen LogP contribution in [0.3, 0.4) is 0 Å². The molecule has 10 heteroatoms. The second-order valence-electron chi connectivity index (χ2n) is 8.73. The predicted octanol–water partition coefficient (Wildman–Crippen LogP) is 3.82. The Bertz CT molecular complexity index is 1200. The third-order valence-corrected chi connectivity index (χ3v) is 6.87. The van der Waals surface area contributed by atoms with E-state index in [4.69, 9.17) is 16.3 Å². The van der Waals surface area contributed by atoms with Crippen LogP contribution in [0.15, 0.2) is 24.3 Å². The zero-order chi connectivity index (χ0) is 23.8. The summed E-state index contributed by atoms with van der Waals surface area (Å²) < 4.78 is 36.5. The van der Waals surface area contributed by atoms with Gasteiger partial charge in [0.25, 0.3) is 0 Å². The Kier molecular flexibility index (Phi) is 6.42. The van der Waals surface area contributed by atoms with Gasteiger partial charge in [-0.25, -0.2) is 8.78 Å². The minimum Gasteiger partial charge on any atom is -0.507 e. The van der Waals surface area contributed by atoms with E-state index < -0.39 is 17.4 Å². The van der Waals surface area contributed by atoms with Gasteiger partial charge in [-0.15, -0.1) is 0 Å². The zero-order valence-corrected chi connectivity index (χ0v) is 19.6. The van der Waals surface area contributed by atoms with E-state index in [0.717, 1.165) is 38.5 Å². The molecule has 0 amide bonds. The molecule has 2 aromatic carbocycles. The molecule has 34 heavy (non-hydrogen) atoms. The molecule has 2 fully saturated rings. The number of benzene rings is 2. The first-order valence-electron chi connectivity index (χ1n) is 11.4. The van der Waals surface area contributed by atoms with Crippen molar-refractivity contribution >= 4 is 28.3 Å². The van der Waals surface area contributed by atoms with Crippen LogP contribution in [0.2, 0.25) is 5.02 Å². The van der Waals surface area contributed by atoms with Crippen molar-refractivity contribution in [2.45, 2.75) is 18.9 Å². The fourth-order valence-corrected chi connectivity index (χ4v) is 4.98. The Labute approximate surface area is 201 Å². The number of likely N-dealkylation sites (N-methyl/N-ethyl adjacent to an activating group) is 1. The Balaban J connectivity index is 1.65. The van der Waals surface area contributed by atoms with Gasteiger partial charge >= 0.3 is 6.01 Å². The lowest BCUT2D eigenvalue weighted by molar-refractivity contribution is 0.188. The number of piperazine rings is 1. The summed E-state index contributed by atoms with van der Waals surface area (Å²) in [4.78, 5) is 13.3. The largest absolute Gasteiger partial charge is 0.507 e. The van der Waals surface area contributed by atoms with Crippen LogP contribution >= 0.6 is 11.6 Å². The quantitative estimate of drug-likeness (QED) is 0.564. The van der Waals surface area contributed by atoms with E-state index in [1.807, 2.05) is 11.9 Å². The van der Waals surface area contributed by atoms with Crippen LogP contribution < -0.4 is 15.0 Å². The number of likely N-dealkylation sites (tertiary alicyclic amines) is 1. The third-order valence-electron chi connectivity index (χ3n) is 6.58. The third kappa shape index (κ3) is 4.23. The van der Waals surface area contributed by atoms with E-state index in [2.05, 4.69) is 20.2 Å². The van der Waals surface area contributed by atoms with E-state index in [9.17, 15) is 9.50 Å². The topological polar surface area (TPSA) is 73.8 Å². The zero-order valence-electron chi connectivity index (χ0n) is 18.8. The molecule has 0 unspecified atom stereocenters. The Morgan fingerprint density at radius 3 is 2.68 bits per heavy atom. The van der Waals surface area contributed by atoms with Crippen molar-refractivity contribution < 1.29 is 18.6 Å². The predicted molar refractivity (Wildman–Crippen MR) is 128 cm³/mol. The molecule has 2 saturated heterocycles. The molecular formula is C24H26ClF2N5O2. The molecule has 3 aromatic rings. The summed E-state index contributed by atoms with van der Waals surface area (Å²) >= 11 is 6.46. The summed E-state index contributed by atoms with van der Waals surface area (Å²) in [6.45, 7) is 4.25. The number of halogens is 3. The van der Waals surface area contributed by atoms with Crippen LogP contribution in [0.25, 0.3) is 22.0 Å². The highest BCUT2D eigenvalue weighted by Gasteiger charge is 2.27. The van der Waals surface area contributed by atoms with Gasteiger partial charge in [-0.05, 0) is 44.6 Å². The first kappa shape index (κ1) is 23.0. The van der Waals surface area contributed by atoms with E-state index in [0.29, 0.717) is 30.9 Å². The number of aromatic hydroxyl groups is 1. The lowest BCUT2D eigenvalue weighted by atomic mass is 10.0. The molecule has 2 aliphatic heterocycles. The molecular weight excluding hydrogens is 464 g/mol. The summed E-state index contributed by atoms with van der Waals surface area (Å²) in [5, 5.41) is 13.9. The van der Waals surface area contributed by atoms with E-state index in [1.165, 1.54) is 18.2 Å². The Hall–Kier alpha value is -2.75. The van der Waals surface area contributed by atoms with Crippen molar-refractivity contribution in [3.8, 4) is 22.9 Å². The maximum absolute atomic E-state index is 16.0. The number of anilines is 1. The highest BCUT2D eigenvalue weighted by molar-refractivity contribution is 6.34. The molecule has 0 aliphatic carbocycles. The summed E-state index contributed by atoms with van der Waals surface area (Å²) in [6.07, 6.45) is 2.10. The molecule has 2 N–H and O–H groups in total. The maximum Gasteiger partial charge on any atom is 0.319 e. The van der Waals surface area contributed by atoms with Crippen LogP contribution in [0.1, 0.15) is 12.8 Å². The SMILES string of the molecule is CN1CCC[C@H]1COc1nc(N2CCNCC2)c2cc(Cl)c(-c3c(O)cccc3F)c(F)c2n1. The van der Waals surface area contributed by atoms with Gasteiger partial charge in [0.05, 0.1) is 10.6 Å². The van der Waals surface area contributed by atoms with Gasteiger partial charge < -0.3 is 25.0 Å². The maximum atomic E-state index is 16.0. The number of aromatic nitrogens is 2. The van der Waals surface area contributed by atoms with Crippen molar-refractivity contribution in [3.05, 3.63) is 40.9 Å². The molecule has 0 radical (unpaired) electrons. The number of ether oxygens (including phenoxy) is 1. The molecule has 0 bridgehead atoms. The smallest absolute Gasteiger partial charge is 0.319 e. The molecule has 5 rings (SSSR count). The number of hydrogen-bond acceptors (Lipinski definition) is 7. The molecule has 1 aromatic heterocycles. The number of fused-ring (bicyclic) bond motifs is 1. The fraction of sp³-hybridized carbons (Fsp3) is 0.417. The fourth-order valence-electron chi connectivity index (χ4n) is 4.69. The first-order chi connectivity index (χ1) is 16.4. The van der Waals surface area contributed by atoms with E-state index >= 15 is 4.39 Å². The number of nitrogens with zero attached hydrogens (tertiary/aromatic N) is 4. The molecule has 1 atom stereocenters. The number of nitrogens with one attached hydrogen (secondary N) is 1. The summed E-state index contributed by atoms with van der Waals surface area (Å²) in [7, 11) is 2.04. The molecule has 0 spiro atoms. The van der Waals surface area contributed by atoms with Gasteiger partial charge in [-0.3, -0.25) is 0 Å². The minimum absolute atomic E-state index is 0.0274. The van der Waals surface area contributed by atoms with Gasteiger partial charge in [0.2, 0.25) is 0 Å². The highest BCUT2D eigenvalue weighted by Crippen LogP contribution is 2.42. The van der Waals surface area contributed by atoms with Crippen LogP contribution in [-0.4, -0.2) is 72.4 Å². The summed E-state index contributed by atoms with van der Waals surface area (Å²) in [6, 6.07) is 5.62. The number of phenols is 1. The Morgan fingerprint density at radius 1 is 1.18 bits per heavy atom. The average molecular weight is 490 g/mol. The van der Waals surface area contributed by atoms with Crippen molar-refractivity contribution in [1.29, 1.82) is 0 Å². The minimum atomic E-state index is -0.829. The number of phenolic OH excluding ortho intramolecular Hbond substituents is 1. The van der Waals surface area contributed by atoms with Crippen molar-refractivity contribution in [1.82, 2.24) is 20.2 Å². The normalized spacial score (nSPS) is 19.2. The van der Waals surface area contributed by atoms with Crippen LogP contribution in [0.5, 0.6) is 11.8 Å². The molecule has 7 nitrogen and oxygen atoms in total. The number of rotatable bonds is 5. The second-order valence-corrected chi connectivity index (χ2v) is 9.14. The standard InChI is InChI=1S/C24H26ClF2N5O2/c1-31-9-3-4-14(31)13-34-24-29-22-15(23(30-24)32-10-7-28-8-11-32)12-16(25)19(21(22)27)20-17(26)5-2-6-18(20)33/h2,5-6,12,14,28,33H,3-4,7-11,13H2,1H3/t14-/m0/s1. The molecule has 0 saturated carbocycles. The van der Waals surface area contributed by atoms with Gasteiger partial charge in [0.1, 0.15) is 29.5 Å². The lowest BCUT2D eigenvalue weighted by Crippen LogP contribution is -2.44. The second kappa shape index (κ2) is 9.48. The highest BCUT2D eigenvalue weighted by atomic mass is 35.5. The molecule has 2 aliphatic rings. The van der Waals surface area contributed by atoms with Crippen LogP contribution in [0.4, 0.5) is 14.6 Å². The van der Waals surface area contributed by atoms with Crippen molar-refractivity contribution in [3.63, 3.8) is 0 Å².